The van der Waals surface area contributed by atoms with Crippen molar-refractivity contribution in [3.8, 4) is 0 Å². The zero-order valence-electron chi connectivity index (χ0n) is 11.6. The van der Waals surface area contributed by atoms with E-state index in [0.29, 0.717) is 24.4 Å². The van der Waals surface area contributed by atoms with Crippen LogP contribution in [-0.4, -0.2) is 42.3 Å². The first-order valence-corrected chi connectivity index (χ1v) is 6.83. The van der Waals surface area contributed by atoms with E-state index in [4.69, 9.17) is 10.5 Å². The predicted molar refractivity (Wildman–Crippen MR) is 79.9 cm³/mol. The smallest absolute Gasteiger partial charge is 0.260 e. The maximum absolute atomic E-state index is 12.5. The summed E-state index contributed by atoms with van der Waals surface area (Å²) in [6, 6.07) is 9.37. The molecule has 1 aliphatic heterocycles. The molecule has 2 N–H and O–H groups in total. The van der Waals surface area contributed by atoms with E-state index >= 15 is 0 Å². The number of likely N-dealkylation sites (N-methyl/N-ethyl adjacent to an activating group) is 1. The minimum Gasteiger partial charge on any atom is -0.385 e. The monoisotopic (exact) mass is 273 g/mol. The number of nitrogens with zero attached hydrogens (tertiary/aromatic N) is 2. The summed E-state index contributed by atoms with van der Waals surface area (Å²) in [5.41, 5.74) is 5.99. The quantitative estimate of drug-likeness (QED) is 0.883. The van der Waals surface area contributed by atoms with Crippen LogP contribution >= 0.6 is 0 Å². The van der Waals surface area contributed by atoms with Gasteiger partial charge in [-0.15, -0.1) is 0 Å². The fraction of sp³-hybridized carbons (Fsp3) is 0.400. The number of fused-ring (bicyclic) bond motifs is 1. The Morgan fingerprint density at radius 3 is 3.00 bits per heavy atom. The van der Waals surface area contributed by atoms with E-state index < -0.39 is 0 Å². The van der Waals surface area contributed by atoms with E-state index in [-0.39, 0.29) is 11.7 Å². The number of nitrogen functional groups attached to an aromatic ring is 1. The van der Waals surface area contributed by atoms with Gasteiger partial charge in [-0.1, -0.05) is 18.2 Å². The van der Waals surface area contributed by atoms with Gasteiger partial charge >= 0.3 is 0 Å². The summed E-state index contributed by atoms with van der Waals surface area (Å²) in [6.07, 6.45) is 0.00918. The molecule has 0 radical (unpaired) electrons. The summed E-state index contributed by atoms with van der Waals surface area (Å²) < 4.78 is 7.33. The van der Waals surface area contributed by atoms with Gasteiger partial charge in [0.1, 0.15) is 5.82 Å². The third-order valence-corrected chi connectivity index (χ3v) is 3.78. The number of nitrogens with two attached hydrogens (primary N) is 1. The van der Waals surface area contributed by atoms with E-state index in [1.54, 1.807) is 4.57 Å². The number of rotatable bonds is 2. The van der Waals surface area contributed by atoms with Gasteiger partial charge in [0.2, 0.25) is 0 Å². The van der Waals surface area contributed by atoms with Crippen LogP contribution in [-0.2, 0) is 11.3 Å². The number of anilines is 1. The average molecular weight is 273 g/mol. The van der Waals surface area contributed by atoms with Gasteiger partial charge in [0.25, 0.3) is 5.56 Å². The first kappa shape index (κ1) is 13.1. The van der Waals surface area contributed by atoms with Crippen molar-refractivity contribution in [2.24, 2.45) is 0 Å². The fourth-order valence-corrected chi connectivity index (χ4v) is 2.69. The van der Waals surface area contributed by atoms with Gasteiger partial charge in [0, 0.05) is 18.5 Å². The zero-order valence-corrected chi connectivity index (χ0v) is 11.6. The van der Waals surface area contributed by atoms with Crippen LogP contribution < -0.4 is 11.3 Å². The molecule has 0 amide bonds. The minimum absolute atomic E-state index is 0.00918. The lowest BCUT2D eigenvalue weighted by Crippen LogP contribution is -2.43. The van der Waals surface area contributed by atoms with Crippen LogP contribution in [0.1, 0.15) is 0 Å². The van der Waals surface area contributed by atoms with Gasteiger partial charge in [0.05, 0.1) is 19.3 Å². The summed E-state index contributed by atoms with van der Waals surface area (Å²) in [5.74, 6) is 0.491. The molecule has 2 heterocycles. The van der Waals surface area contributed by atoms with Crippen molar-refractivity contribution in [3.63, 3.8) is 0 Å². The van der Waals surface area contributed by atoms with Crippen LogP contribution in [0, 0.1) is 0 Å². The molecule has 1 fully saturated rings. The molecule has 1 unspecified atom stereocenters. The molecule has 2 aromatic rings. The van der Waals surface area contributed by atoms with Gasteiger partial charge in [-0.2, -0.15) is 0 Å². The summed E-state index contributed by atoms with van der Waals surface area (Å²) in [5, 5.41) is 1.58. The molecule has 0 spiro atoms. The summed E-state index contributed by atoms with van der Waals surface area (Å²) >= 11 is 0. The summed E-state index contributed by atoms with van der Waals surface area (Å²) in [7, 11) is 2.06. The molecule has 5 nitrogen and oxygen atoms in total. The van der Waals surface area contributed by atoms with Crippen LogP contribution in [0.2, 0.25) is 0 Å². The average Bonchev–Trinajstić information content (AvgIpc) is 2.43. The summed E-state index contributed by atoms with van der Waals surface area (Å²) in [4.78, 5) is 14.7. The van der Waals surface area contributed by atoms with Crippen LogP contribution in [0.4, 0.5) is 5.82 Å². The highest BCUT2D eigenvalue weighted by Crippen LogP contribution is 2.15. The minimum atomic E-state index is -0.0440. The van der Waals surface area contributed by atoms with Crippen molar-refractivity contribution in [1.82, 2.24) is 9.47 Å². The van der Waals surface area contributed by atoms with Crippen molar-refractivity contribution in [1.29, 1.82) is 0 Å². The SMILES string of the molecule is CN1CCOC(Cn2c(N)cc3ccccc3c2=O)C1. The Bertz CT molecular complexity index is 680. The number of hydrogen-bond donors (Lipinski definition) is 1. The lowest BCUT2D eigenvalue weighted by molar-refractivity contribution is -0.0275. The molecule has 1 atom stereocenters. The normalized spacial score (nSPS) is 20.4. The number of aromatic nitrogens is 1. The van der Waals surface area contributed by atoms with Crippen molar-refractivity contribution in [2.45, 2.75) is 12.6 Å². The standard InChI is InChI=1S/C15H19N3O2/c1-17-6-7-20-12(9-17)10-18-14(16)8-11-4-2-3-5-13(11)15(18)19/h2-5,8,12H,6-7,9-10,16H2,1H3. The van der Waals surface area contributed by atoms with Crippen LogP contribution in [0.15, 0.2) is 35.1 Å². The van der Waals surface area contributed by atoms with E-state index in [1.165, 1.54) is 0 Å². The van der Waals surface area contributed by atoms with Crippen LogP contribution in [0.3, 0.4) is 0 Å². The second-order valence-corrected chi connectivity index (χ2v) is 5.33. The number of pyridine rings is 1. The zero-order chi connectivity index (χ0) is 14.1. The molecule has 0 aliphatic carbocycles. The molecular weight excluding hydrogens is 254 g/mol. The Morgan fingerprint density at radius 2 is 2.20 bits per heavy atom. The Morgan fingerprint density at radius 1 is 1.40 bits per heavy atom. The van der Waals surface area contributed by atoms with Crippen molar-refractivity contribution in [3.05, 3.63) is 40.7 Å². The third-order valence-electron chi connectivity index (χ3n) is 3.78. The molecule has 3 rings (SSSR count). The molecule has 106 valence electrons. The summed E-state index contributed by atoms with van der Waals surface area (Å²) in [6.45, 7) is 2.94. The largest absolute Gasteiger partial charge is 0.385 e. The lowest BCUT2D eigenvalue weighted by atomic mass is 10.1. The fourth-order valence-electron chi connectivity index (χ4n) is 2.69. The van der Waals surface area contributed by atoms with Gasteiger partial charge < -0.3 is 15.4 Å². The molecule has 1 saturated heterocycles. The first-order chi connectivity index (χ1) is 9.65. The van der Waals surface area contributed by atoms with Gasteiger partial charge in [-0.05, 0) is 24.6 Å². The van der Waals surface area contributed by atoms with E-state index in [1.807, 2.05) is 30.3 Å². The highest BCUT2D eigenvalue weighted by Gasteiger charge is 2.19. The van der Waals surface area contributed by atoms with Gasteiger partial charge in [0.15, 0.2) is 0 Å². The number of morpholine rings is 1. The highest BCUT2D eigenvalue weighted by atomic mass is 16.5. The van der Waals surface area contributed by atoms with E-state index in [0.717, 1.165) is 18.5 Å². The number of ether oxygens (including phenoxy) is 1. The molecule has 1 aliphatic rings. The molecule has 1 aromatic heterocycles. The molecule has 1 aromatic carbocycles. The second kappa shape index (κ2) is 5.26. The lowest BCUT2D eigenvalue weighted by Gasteiger charge is -2.30. The van der Waals surface area contributed by atoms with E-state index in [2.05, 4.69) is 11.9 Å². The Hall–Kier alpha value is -1.85. The first-order valence-electron chi connectivity index (χ1n) is 6.83. The maximum atomic E-state index is 12.5. The van der Waals surface area contributed by atoms with Crippen LogP contribution in [0.5, 0.6) is 0 Å². The molecular formula is C15H19N3O2. The molecule has 0 bridgehead atoms. The number of benzene rings is 1. The molecule has 0 saturated carbocycles. The number of hydrogen-bond acceptors (Lipinski definition) is 4. The van der Waals surface area contributed by atoms with E-state index in [9.17, 15) is 4.79 Å². The Balaban J connectivity index is 1.97. The molecule has 5 heteroatoms. The van der Waals surface area contributed by atoms with Crippen molar-refractivity contribution >= 4 is 16.6 Å². The Kier molecular flexibility index (Phi) is 3.46. The highest BCUT2D eigenvalue weighted by molar-refractivity contribution is 5.83. The topological polar surface area (TPSA) is 60.5 Å². The van der Waals surface area contributed by atoms with Gasteiger partial charge in [-0.3, -0.25) is 9.36 Å². The van der Waals surface area contributed by atoms with Crippen molar-refractivity contribution in [2.75, 3.05) is 32.5 Å². The maximum Gasteiger partial charge on any atom is 0.260 e. The molecule has 20 heavy (non-hydrogen) atoms. The third kappa shape index (κ3) is 2.42. The second-order valence-electron chi connectivity index (χ2n) is 5.33. The van der Waals surface area contributed by atoms with Crippen LogP contribution in [0.25, 0.3) is 10.8 Å². The predicted octanol–water partition coefficient (Wildman–Crippen LogP) is 0.914. The Labute approximate surface area is 117 Å². The van der Waals surface area contributed by atoms with Gasteiger partial charge in [-0.25, -0.2) is 0 Å². The van der Waals surface area contributed by atoms with Crippen molar-refractivity contribution < 1.29 is 4.74 Å².